The second-order valence-electron chi connectivity index (χ2n) is 8.55. The van der Waals surface area contributed by atoms with E-state index in [0.717, 1.165) is 24.1 Å². The Kier molecular flexibility index (Phi) is 5.50. The number of hydrogen-bond acceptors (Lipinski definition) is 5. The fourth-order valence-corrected chi connectivity index (χ4v) is 4.47. The Labute approximate surface area is 191 Å². The van der Waals surface area contributed by atoms with Crippen molar-refractivity contribution in [2.24, 2.45) is 0 Å². The van der Waals surface area contributed by atoms with Crippen LogP contribution in [0.3, 0.4) is 0 Å². The van der Waals surface area contributed by atoms with Crippen molar-refractivity contribution < 1.29 is 9.18 Å². The normalized spacial score (nSPS) is 18.5. The van der Waals surface area contributed by atoms with Gasteiger partial charge in [-0.2, -0.15) is 0 Å². The van der Waals surface area contributed by atoms with E-state index in [4.69, 9.17) is 9.97 Å². The third-order valence-electron chi connectivity index (χ3n) is 6.24. The van der Waals surface area contributed by atoms with Crippen LogP contribution in [0.4, 0.5) is 15.9 Å². The second-order valence-corrected chi connectivity index (χ2v) is 8.55. The lowest BCUT2D eigenvalue weighted by molar-refractivity contribution is -0.132. The van der Waals surface area contributed by atoms with E-state index in [1.54, 1.807) is 31.6 Å². The predicted octanol–water partition coefficient (Wildman–Crippen LogP) is 5.02. The Hall–Kier alpha value is -3.81. The van der Waals surface area contributed by atoms with Gasteiger partial charge in [-0.3, -0.25) is 9.78 Å². The number of pyridine rings is 1. The second kappa shape index (κ2) is 8.61. The van der Waals surface area contributed by atoms with Crippen LogP contribution in [0.25, 0.3) is 22.2 Å². The minimum absolute atomic E-state index is 0.0184. The zero-order valence-electron chi connectivity index (χ0n) is 18.5. The molecule has 2 atom stereocenters. The van der Waals surface area contributed by atoms with Crippen LogP contribution in [-0.2, 0) is 4.79 Å². The van der Waals surface area contributed by atoms with E-state index in [0.29, 0.717) is 34.8 Å². The van der Waals surface area contributed by atoms with Crippen molar-refractivity contribution in [2.45, 2.75) is 38.6 Å². The molecule has 3 aromatic heterocycles. The number of aromatic nitrogens is 4. The summed E-state index contributed by atoms with van der Waals surface area (Å²) >= 11 is 0. The van der Waals surface area contributed by atoms with Crippen molar-refractivity contribution in [3.63, 3.8) is 0 Å². The van der Waals surface area contributed by atoms with Gasteiger partial charge in [0.1, 0.15) is 17.5 Å². The highest BCUT2D eigenvalue weighted by Gasteiger charge is 2.30. The molecular weight excluding hydrogens is 419 g/mol. The summed E-state index contributed by atoms with van der Waals surface area (Å²) in [4.78, 5) is 30.9. The van der Waals surface area contributed by atoms with Gasteiger partial charge in [-0.05, 0) is 50.1 Å². The molecule has 1 aliphatic rings. The third kappa shape index (κ3) is 4.28. The average Bonchev–Trinajstić information content (AvgIpc) is 3.29. The highest BCUT2D eigenvalue weighted by atomic mass is 19.1. The number of carbonyl (C=O) groups is 1. The molecule has 1 aromatic carbocycles. The van der Waals surface area contributed by atoms with Crippen LogP contribution in [0.2, 0.25) is 0 Å². The number of aromatic amines is 1. The number of likely N-dealkylation sites (tertiary alicyclic amines) is 1. The summed E-state index contributed by atoms with van der Waals surface area (Å²) in [7, 11) is 0. The summed E-state index contributed by atoms with van der Waals surface area (Å²) < 4.78 is 14.5. The first kappa shape index (κ1) is 21.1. The number of rotatable bonds is 4. The average molecular weight is 445 g/mol. The minimum atomic E-state index is -0.309. The number of halogens is 1. The zero-order valence-corrected chi connectivity index (χ0v) is 18.5. The summed E-state index contributed by atoms with van der Waals surface area (Å²) in [5.74, 6) is 1.00. The van der Waals surface area contributed by atoms with Crippen molar-refractivity contribution >= 4 is 28.3 Å². The Morgan fingerprint density at radius 3 is 2.88 bits per heavy atom. The lowest BCUT2D eigenvalue weighted by atomic mass is 9.92. The lowest BCUT2D eigenvalue weighted by Gasteiger charge is -2.37. The Bertz CT molecular complexity index is 1310. The van der Waals surface area contributed by atoms with Crippen molar-refractivity contribution in [3.05, 3.63) is 66.6 Å². The monoisotopic (exact) mass is 444 g/mol. The van der Waals surface area contributed by atoms with Gasteiger partial charge in [0.25, 0.3) is 0 Å². The molecule has 1 aliphatic heterocycles. The number of H-pyrrole nitrogens is 1. The molecule has 5 rings (SSSR count). The fourth-order valence-electron chi connectivity index (χ4n) is 4.47. The number of anilines is 2. The first-order valence-corrected chi connectivity index (χ1v) is 11.1. The van der Waals surface area contributed by atoms with Crippen LogP contribution >= 0.6 is 0 Å². The summed E-state index contributed by atoms with van der Waals surface area (Å²) in [6.45, 7) is 4.25. The zero-order chi connectivity index (χ0) is 22.9. The predicted molar refractivity (Wildman–Crippen MR) is 126 cm³/mol. The molecule has 2 N–H and O–H groups in total. The third-order valence-corrected chi connectivity index (χ3v) is 6.24. The summed E-state index contributed by atoms with van der Waals surface area (Å²) in [5, 5.41) is 3.79. The summed E-state index contributed by atoms with van der Waals surface area (Å²) in [6, 6.07) is 10.9. The van der Waals surface area contributed by atoms with Crippen LogP contribution in [0.15, 0.2) is 55.0 Å². The molecule has 1 saturated heterocycles. The summed E-state index contributed by atoms with van der Waals surface area (Å²) in [5.41, 5.74) is 2.89. The highest BCUT2D eigenvalue weighted by Crippen LogP contribution is 2.32. The Balaban J connectivity index is 1.53. The number of nitrogens with one attached hydrogen (secondary N) is 2. The van der Waals surface area contributed by atoms with Crippen LogP contribution in [-0.4, -0.2) is 43.3 Å². The molecule has 8 heteroatoms. The molecule has 4 heterocycles. The molecule has 0 bridgehead atoms. The van der Waals surface area contributed by atoms with E-state index in [9.17, 15) is 9.18 Å². The van der Waals surface area contributed by atoms with Crippen molar-refractivity contribution in [1.82, 2.24) is 24.8 Å². The van der Waals surface area contributed by atoms with Gasteiger partial charge in [-0.25, -0.2) is 14.4 Å². The van der Waals surface area contributed by atoms with E-state index in [1.165, 1.54) is 6.07 Å². The highest BCUT2D eigenvalue weighted by molar-refractivity contribution is 5.84. The molecule has 1 fully saturated rings. The number of carbonyl (C=O) groups excluding carboxylic acids is 1. The van der Waals surface area contributed by atoms with Gasteiger partial charge >= 0.3 is 0 Å². The Morgan fingerprint density at radius 1 is 1.21 bits per heavy atom. The molecule has 33 heavy (non-hydrogen) atoms. The maximum absolute atomic E-state index is 14.5. The van der Waals surface area contributed by atoms with E-state index >= 15 is 0 Å². The fraction of sp³-hybridized carbons (Fsp3) is 0.280. The van der Waals surface area contributed by atoms with E-state index in [1.807, 2.05) is 29.2 Å². The van der Waals surface area contributed by atoms with Crippen LogP contribution < -0.4 is 5.32 Å². The maximum Gasteiger partial charge on any atom is 0.219 e. The first-order chi connectivity index (χ1) is 16.0. The smallest absolute Gasteiger partial charge is 0.219 e. The molecule has 7 nitrogen and oxygen atoms in total. The Morgan fingerprint density at radius 2 is 2.09 bits per heavy atom. The largest absolute Gasteiger partial charge is 0.361 e. The number of fused-ring (bicyclic) bond motifs is 1. The molecule has 0 saturated carbocycles. The van der Waals surface area contributed by atoms with Crippen molar-refractivity contribution in [1.29, 1.82) is 0 Å². The standard InChI is InChI=1S/C25H25FN6O/c1-15-5-6-18(14-32(15)16(2)33)25-30-22(17-4-3-8-27-13-17)12-24(31-25)29-19-10-21(26)20-7-9-28-23(20)11-19/h3-4,7-13,15,18,28H,5-6,14H2,1-2H3,(H,29,30,31)/t15-,18+/m0/s1. The molecule has 0 radical (unpaired) electrons. The van der Waals surface area contributed by atoms with Crippen molar-refractivity contribution in [3.8, 4) is 11.3 Å². The van der Waals surface area contributed by atoms with Gasteiger partial charge < -0.3 is 15.2 Å². The number of benzene rings is 1. The van der Waals surface area contributed by atoms with Crippen molar-refractivity contribution in [2.75, 3.05) is 11.9 Å². The van der Waals surface area contributed by atoms with Crippen LogP contribution in [0, 0.1) is 5.82 Å². The van der Waals surface area contributed by atoms with Crippen LogP contribution in [0.5, 0.6) is 0 Å². The molecule has 1 amide bonds. The first-order valence-electron chi connectivity index (χ1n) is 11.1. The molecule has 4 aromatic rings. The van der Waals surface area contributed by atoms with Gasteiger partial charge in [0.05, 0.1) is 11.2 Å². The van der Waals surface area contributed by atoms with E-state index in [2.05, 4.69) is 22.2 Å². The number of amides is 1. The van der Waals surface area contributed by atoms with Gasteiger partial charge in [-0.1, -0.05) is 0 Å². The lowest BCUT2D eigenvalue weighted by Crippen LogP contribution is -2.44. The number of hydrogen-bond donors (Lipinski definition) is 2. The van der Waals surface area contributed by atoms with Gasteiger partial charge in [0, 0.05) is 66.7 Å². The SMILES string of the molecule is CC(=O)N1C[C@H](c2nc(Nc3cc(F)c4cc[nH]c4c3)cc(-c3cccnc3)n2)CC[C@@H]1C. The molecule has 168 valence electrons. The molecule has 0 unspecified atom stereocenters. The topological polar surface area (TPSA) is 86.8 Å². The van der Waals surface area contributed by atoms with E-state index in [-0.39, 0.29) is 23.7 Å². The molecular formula is C25H25FN6O. The summed E-state index contributed by atoms with van der Waals surface area (Å²) in [6.07, 6.45) is 6.97. The number of nitrogens with zero attached hydrogens (tertiary/aromatic N) is 4. The van der Waals surface area contributed by atoms with Gasteiger partial charge in [-0.15, -0.1) is 0 Å². The minimum Gasteiger partial charge on any atom is -0.361 e. The van der Waals surface area contributed by atoms with Gasteiger partial charge in [0.2, 0.25) is 5.91 Å². The number of piperidine rings is 1. The molecule has 0 spiro atoms. The van der Waals surface area contributed by atoms with E-state index < -0.39 is 0 Å². The van der Waals surface area contributed by atoms with Gasteiger partial charge in [0.15, 0.2) is 0 Å². The molecule has 0 aliphatic carbocycles. The maximum atomic E-state index is 14.5. The quantitative estimate of drug-likeness (QED) is 0.462. The van der Waals surface area contributed by atoms with Crippen LogP contribution in [0.1, 0.15) is 38.4 Å².